The van der Waals surface area contributed by atoms with Gasteiger partial charge in [0.15, 0.2) is 0 Å². The second kappa shape index (κ2) is 5.29. The predicted octanol–water partition coefficient (Wildman–Crippen LogP) is 4.23. The van der Waals surface area contributed by atoms with E-state index in [2.05, 4.69) is 15.9 Å². The summed E-state index contributed by atoms with van der Waals surface area (Å²) in [6.07, 6.45) is -0.136. The van der Waals surface area contributed by atoms with Crippen molar-refractivity contribution in [3.63, 3.8) is 0 Å². The fourth-order valence-electron chi connectivity index (χ4n) is 1.68. The molecule has 17 heavy (non-hydrogen) atoms. The first-order valence-corrected chi connectivity index (χ1v) is 6.85. The SMILES string of the molecule is Cc1ccc(F)cc1CC(O)c1ccc(Br)s1. The molecule has 0 aliphatic rings. The van der Waals surface area contributed by atoms with Crippen molar-refractivity contribution in [2.24, 2.45) is 0 Å². The van der Waals surface area contributed by atoms with Gasteiger partial charge in [-0.25, -0.2) is 4.39 Å². The summed E-state index contributed by atoms with van der Waals surface area (Å²) in [6, 6.07) is 8.45. The first kappa shape index (κ1) is 12.7. The van der Waals surface area contributed by atoms with Crippen LogP contribution in [0.3, 0.4) is 0 Å². The number of aryl methyl sites for hydroxylation is 1. The van der Waals surface area contributed by atoms with Crippen LogP contribution < -0.4 is 0 Å². The molecule has 1 heterocycles. The van der Waals surface area contributed by atoms with Gasteiger partial charge in [-0.3, -0.25) is 0 Å². The Labute approximate surface area is 112 Å². The third-order valence-electron chi connectivity index (χ3n) is 2.65. The van der Waals surface area contributed by atoms with Gasteiger partial charge in [0.1, 0.15) is 5.82 Å². The largest absolute Gasteiger partial charge is 0.387 e. The van der Waals surface area contributed by atoms with E-state index >= 15 is 0 Å². The lowest BCUT2D eigenvalue weighted by molar-refractivity contribution is 0.182. The standard InChI is InChI=1S/C13H12BrFOS/c1-8-2-3-10(15)6-9(8)7-11(16)12-4-5-13(14)17-12/h2-6,11,16H,7H2,1H3. The van der Waals surface area contributed by atoms with Gasteiger partial charge in [0.05, 0.1) is 9.89 Å². The highest BCUT2D eigenvalue weighted by Crippen LogP contribution is 2.29. The zero-order chi connectivity index (χ0) is 12.4. The van der Waals surface area contributed by atoms with Crippen LogP contribution in [0.5, 0.6) is 0 Å². The van der Waals surface area contributed by atoms with Crippen LogP contribution in [-0.4, -0.2) is 5.11 Å². The molecule has 90 valence electrons. The molecule has 4 heteroatoms. The number of hydrogen-bond donors (Lipinski definition) is 1. The summed E-state index contributed by atoms with van der Waals surface area (Å²) in [6.45, 7) is 1.92. The summed E-state index contributed by atoms with van der Waals surface area (Å²) in [5.74, 6) is -0.259. The van der Waals surface area contributed by atoms with Gasteiger partial charge >= 0.3 is 0 Å². The average molecular weight is 315 g/mol. The lowest BCUT2D eigenvalue weighted by Gasteiger charge is -2.11. The van der Waals surface area contributed by atoms with Crippen LogP contribution in [0.1, 0.15) is 22.1 Å². The fourth-order valence-corrected chi connectivity index (χ4v) is 3.09. The number of thiophene rings is 1. The summed E-state index contributed by atoms with van der Waals surface area (Å²) >= 11 is 4.86. The number of aliphatic hydroxyl groups is 1. The maximum absolute atomic E-state index is 13.1. The van der Waals surface area contributed by atoms with Crippen LogP contribution in [0.2, 0.25) is 0 Å². The molecule has 1 atom stereocenters. The van der Waals surface area contributed by atoms with Crippen LogP contribution in [0.15, 0.2) is 34.1 Å². The minimum absolute atomic E-state index is 0.259. The molecule has 0 radical (unpaired) electrons. The van der Waals surface area contributed by atoms with Gasteiger partial charge in [0, 0.05) is 11.3 Å². The fraction of sp³-hybridized carbons (Fsp3) is 0.231. The highest BCUT2D eigenvalue weighted by molar-refractivity contribution is 9.11. The molecule has 0 aliphatic heterocycles. The van der Waals surface area contributed by atoms with E-state index in [1.54, 1.807) is 6.07 Å². The highest BCUT2D eigenvalue weighted by Gasteiger charge is 2.12. The van der Waals surface area contributed by atoms with Crippen molar-refractivity contribution >= 4 is 27.3 Å². The molecular weight excluding hydrogens is 303 g/mol. The topological polar surface area (TPSA) is 20.2 Å². The normalized spacial score (nSPS) is 12.7. The minimum atomic E-state index is -0.577. The van der Waals surface area contributed by atoms with Crippen molar-refractivity contribution in [1.29, 1.82) is 0 Å². The lowest BCUT2D eigenvalue weighted by Crippen LogP contribution is -2.01. The second-order valence-corrected chi connectivity index (χ2v) is 6.43. The third-order valence-corrected chi connectivity index (χ3v) is 4.37. The van der Waals surface area contributed by atoms with Gasteiger partial charge in [-0.15, -0.1) is 11.3 Å². The van der Waals surface area contributed by atoms with Gasteiger partial charge in [-0.2, -0.15) is 0 Å². The van der Waals surface area contributed by atoms with Crippen molar-refractivity contribution in [2.75, 3.05) is 0 Å². The Bertz CT molecular complexity index is 524. The molecule has 0 amide bonds. The lowest BCUT2D eigenvalue weighted by atomic mass is 10.0. The Morgan fingerprint density at radius 3 is 2.76 bits per heavy atom. The number of aliphatic hydroxyl groups excluding tert-OH is 1. The quantitative estimate of drug-likeness (QED) is 0.898. The maximum atomic E-state index is 13.1. The maximum Gasteiger partial charge on any atom is 0.123 e. The number of benzene rings is 1. The van der Waals surface area contributed by atoms with Crippen molar-refractivity contribution in [1.82, 2.24) is 0 Å². The van der Waals surface area contributed by atoms with E-state index in [4.69, 9.17) is 0 Å². The minimum Gasteiger partial charge on any atom is -0.387 e. The first-order valence-electron chi connectivity index (χ1n) is 5.24. The summed E-state index contributed by atoms with van der Waals surface area (Å²) in [4.78, 5) is 0.889. The van der Waals surface area contributed by atoms with E-state index in [1.165, 1.54) is 23.5 Å². The molecular formula is C13H12BrFOS. The van der Waals surface area contributed by atoms with Gasteiger partial charge in [-0.05, 0) is 58.2 Å². The van der Waals surface area contributed by atoms with Crippen molar-refractivity contribution in [3.05, 3.63) is 55.9 Å². The predicted molar refractivity (Wildman–Crippen MR) is 71.8 cm³/mol. The van der Waals surface area contributed by atoms with Crippen molar-refractivity contribution in [3.8, 4) is 0 Å². The average Bonchev–Trinajstić information content (AvgIpc) is 2.70. The van der Waals surface area contributed by atoms with Gasteiger partial charge < -0.3 is 5.11 Å². The third kappa shape index (κ3) is 3.15. The zero-order valence-corrected chi connectivity index (χ0v) is 11.7. The van der Waals surface area contributed by atoms with Crippen LogP contribution in [0, 0.1) is 12.7 Å². The van der Waals surface area contributed by atoms with Crippen molar-refractivity contribution < 1.29 is 9.50 Å². The van der Waals surface area contributed by atoms with Crippen LogP contribution in [-0.2, 0) is 6.42 Å². The van der Waals surface area contributed by atoms with Crippen LogP contribution >= 0.6 is 27.3 Å². The molecule has 0 bridgehead atoms. The molecule has 2 rings (SSSR count). The number of halogens is 2. The molecule has 0 saturated heterocycles. The van der Waals surface area contributed by atoms with E-state index in [0.29, 0.717) is 6.42 Å². The molecule has 0 spiro atoms. The molecule has 0 saturated carbocycles. The second-order valence-electron chi connectivity index (χ2n) is 3.93. The van der Waals surface area contributed by atoms with Gasteiger partial charge in [0.2, 0.25) is 0 Å². The van der Waals surface area contributed by atoms with Gasteiger partial charge in [-0.1, -0.05) is 6.07 Å². The first-order chi connectivity index (χ1) is 8.06. The van der Waals surface area contributed by atoms with Crippen molar-refractivity contribution in [2.45, 2.75) is 19.4 Å². The molecule has 1 N–H and O–H groups in total. The van der Waals surface area contributed by atoms with E-state index in [-0.39, 0.29) is 5.82 Å². The monoisotopic (exact) mass is 314 g/mol. The summed E-state index contributed by atoms with van der Waals surface area (Å²) in [5, 5.41) is 10.1. The smallest absolute Gasteiger partial charge is 0.123 e. The Kier molecular flexibility index (Phi) is 3.97. The highest BCUT2D eigenvalue weighted by atomic mass is 79.9. The molecule has 1 unspecified atom stereocenters. The van der Waals surface area contributed by atoms with E-state index in [0.717, 1.165) is 19.8 Å². The molecule has 0 aliphatic carbocycles. The van der Waals surface area contributed by atoms with Crippen LogP contribution in [0.4, 0.5) is 4.39 Å². The molecule has 0 fully saturated rings. The number of hydrogen-bond acceptors (Lipinski definition) is 2. The Balaban J connectivity index is 2.18. The van der Waals surface area contributed by atoms with Gasteiger partial charge in [0.25, 0.3) is 0 Å². The van der Waals surface area contributed by atoms with E-state index in [1.807, 2.05) is 19.1 Å². The molecule has 2 aromatic rings. The molecule has 1 aromatic carbocycles. The van der Waals surface area contributed by atoms with Crippen LogP contribution in [0.25, 0.3) is 0 Å². The molecule has 1 nitrogen and oxygen atoms in total. The molecule has 1 aromatic heterocycles. The van der Waals surface area contributed by atoms with E-state index in [9.17, 15) is 9.50 Å². The zero-order valence-electron chi connectivity index (χ0n) is 9.28. The summed E-state index contributed by atoms with van der Waals surface area (Å²) < 4.78 is 14.1. The Morgan fingerprint density at radius 1 is 1.35 bits per heavy atom. The summed E-state index contributed by atoms with van der Waals surface area (Å²) in [7, 11) is 0. The Morgan fingerprint density at radius 2 is 2.12 bits per heavy atom. The van der Waals surface area contributed by atoms with E-state index < -0.39 is 6.10 Å². The number of rotatable bonds is 3. The summed E-state index contributed by atoms with van der Waals surface area (Å²) in [5.41, 5.74) is 1.85. The Hall–Kier alpha value is -0.710.